The number of carbonyl (C=O) groups is 2. The summed E-state index contributed by atoms with van der Waals surface area (Å²) in [5, 5.41) is 2.95. The second-order valence-corrected chi connectivity index (χ2v) is 8.00. The predicted molar refractivity (Wildman–Crippen MR) is 105 cm³/mol. The first-order valence-corrected chi connectivity index (χ1v) is 9.56. The summed E-state index contributed by atoms with van der Waals surface area (Å²) in [6.45, 7) is 4.13. The molecule has 1 heterocycles. The van der Waals surface area contributed by atoms with Gasteiger partial charge in [-0.15, -0.1) is 0 Å². The number of aromatic nitrogens is 1. The van der Waals surface area contributed by atoms with Gasteiger partial charge in [0.05, 0.1) is 19.9 Å². The van der Waals surface area contributed by atoms with Crippen molar-refractivity contribution < 1.29 is 27.8 Å². The minimum Gasteiger partial charge on any atom is -0.494 e. The summed E-state index contributed by atoms with van der Waals surface area (Å²) < 4.78 is 37.6. The van der Waals surface area contributed by atoms with Crippen LogP contribution in [0.1, 0.15) is 54.4 Å². The monoisotopic (exact) mass is 418 g/mol. The van der Waals surface area contributed by atoms with E-state index in [4.69, 9.17) is 9.47 Å². The van der Waals surface area contributed by atoms with Crippen molar-refractivity contribution in [3.8, 4) is 5.75 Å². The Bertz CT molecular complexity index is 957. The van der Waals surface area contributed by atoms with Gasteiger partial charge in [0.25, 0.3) is 5.91 Å². The van der Waals surface area contributed by atoms with Crippen molar-refractivity contribution in [2.24, 2.45) is 5.41 Å². The molecule has 0 spiro atoms. The normalized spacial score (nSPS) is 18.1. The smallest absolute Gasteiger partial charge is 0.319 e. The van der Waals surface area contributed by atoms with Gasteiger partial charge in [0.1, 0.15) is 23.3 Å². The molecular formula is C22H24F2N2O4. The molecule has 1 saturated carbocycles. The Morgan fingerprint density at radius 3 is 2.33 bits per heavy atom. The van der Waals surface area contributed by atoms with Crippen LogP contribution in [0.5, 0.6) is 5.75 Å². The lowest BCUT2D eigenvalue weighted by molar-refractivity contribution is -0.141. The fourth-order valence-electron chi connectivity index (χ4n) is 3.60. The molecule has 1 N–H and O–H groups in total. The Morgan fingerprint density at radius 2 is 1.83 bits per heavy atom. The number of nitrogens with one attached hydrogen (secondary N) is 1. The summed E-state index contributed by atoms with van der Waals surface area (Å²) in [7, 11) is 2.57. The molecule has 1 amide bonds. The molecule has 1 aliphatic carbocycles. The molecule has 6 nitrogen and oxygen atoms in total. The van der Waals surface area contributed by atoms with Crippen LogP contribution in [0.4, 0.5) is 8.78 Å². The van der Waals surface area contributed by atoms with Crippen LogP contribution in [-0.4, -0.2) is 37.1 Å². The zero-order chi connectivity index (χ0) is 22.1. The number of pyridine rings is 1. The number of carbonyl (C=O) groups excluding carboxylic acids is 2. The van der Waals surface area contributed by atoms with Crippen LogP contribution in [-0.2, 0) is 9.53 Å². The Morgan fingerprint density at radius 1 is 1.17 bits per heavy atom. The van der Waals surface area contributed by atoms with Crippen LogP contribution in [0.3, 0.4) is 0 Å². The van der Waals surface area contributed by atoms with Crippen molar-refractivity contribution in [2.75, 3.05) is 14.2 Å². The van der Waals surface area contributed by atoms with Gasteiger partial charge in [-0.3, -0.25) is 9.59 Å². The van der Waals surface area contributed by atoms with Gasteiger partial charge in [-0.1, -0.05) is 13.8 Å². The second-order valence-electron chi connectivity index (χ2n) is 8.00. The van der Waals surface area contributed by atoms with Crippen molar-refractivity contribution in [1.29, 1.82) is 0 Å². The molecule has 160 valence electrons. The predicted octanol–water partition coefficient (Wildman–Crippen LogP) is 3.59. The summed E-state index contributed by atoms with van der Waals surface area (Å²) in [4.78, 5) is 29.7. The highest BCUT2D eigenvalue weighted by Crippen LogP contribution is 2.40. The molecule has 1 aromatic heterocycles. The van der Waals surface area contributed by atoms with Gasteiger partial charge in [-0.2, -0.15) is 0 Å². The number of nitrogens with zero attached hydrogens (tertiary/aromatic N) is 1. The number of halogens is 2. The van der Waals surface area contributed by atoms with E-state index in [2.05, 4.69) is 24.1 Å². The molecule has 0 bridgehead atoms. The van der Waals surface area contributed by atoms with Gasteiger partial charge in [0.2, 0.25) is 0 Å². The number of hydrogen-bond donors (Lipinski definition) is 1. The molecule has 2 aromatic rings. The third-order valence-corrected chi connectivity index (χ3v) is 5.59. The van der Waals surface area contributed by atoms with E-state index in [0.29, 0.717) is 6.07 Å². The quantitative estimate of drug-likeness (QED) is 0.726. The highest BCUT2D eigenvalue weighted by molar-refractivity contribution is 5.95. The molecule has 0 radical (unpaired) electrons. The van der Waals surface area contributed by atoms with Gasteiger partial charge in [-0.25, -0.2) is 13.8 Å². The van der Waals surface area contributed by atoms with Crippen molar-refractivity contribution >= 4 is 11.9 Å². The minimum atomic E-state index is -1.21. The van der Waals surface area contributed by atoms with Crippen LogP contribution >= 0.6 is 0 Å². The minimum absolute atomic E-state index is 0.00567. The van der Waals surface area contributed by atoms with Gasteiger partial charge >= 0.3 is 5.97 Å². The Labute approximate surface area is 173 Å². The van der Waals surface area contributed by atoms with Crippen molar-refractivity contribution in [2.45, 2.75) is 38.6 Å². The van der Waals surface area contributed by atoms with Gasteiger partial charge < -0.3 is 14.8 Å². The molecule has 1 aliphatic rings. The number of benzene rings is 1. The molecule has 2 unspecified atom stereocenters. The summed E-state index contributed by atoms with van der Waals surface area (Å²) in [6, 6.07) is 5.73. The Balaban J connectivity index is 2.01. The van der Waals surface area contributed by atoms with Crippen LogP contribution in [0.25, 0.3) is 0 Å². The average molecular weight is 418 g/mol. The molecule has 3 rings (SSSR count). The number of hydrogen-bond acceptors (Lipinski definition) is 5. The topological polar surface area (TPSA) is 77.5 Å². The molecule has 1 aromatic carbocycles. The van der Waals surface area contributed by atoms with Crippen LogP contribution in [0.15, 0.2) is 30.3 Å². The maximum Gasteiger partial charge on any atom is 0.319 e. The number of ether oxygens (including phenoxy) is 2. The SMILES string of the molecule is COC(=O)C(c1cc(F)cc(F)c1)c1ccc(OC)c(C(=O)NC2CCC2(C)C)n1. The molecule has 0 saturated heterocycles. The lowest BCUT2D eigenvalue weighted by Crippen LogP contribution is -2.52. The standard InChI is InChI=1S/C22H24F2N2O4/c1-22(2)8-7-17(22)26-20(27)19-16(29-3)6-5-15(25-19)18(21(28)30-4)12-9-13(23)11-14(24)10-12/h5-6,9-11,17-18H,7-8H2,1-4H3,(H,26,27). The van der Waals surface area contributed by atoms with Crippen molar-refractivity contribution in [1.82, 2.24) is 10.3 Å². The van der Waals surface area contributed by atoms with Crippen molar-refractivity contribution in [3.63, 3.8) is 0 Å². The van der Waals surface area contributed by atoms with E-state index < -0.39 is 29.4 Å². The number of rotatable bonds is 6. The second kappa shape index (κ2) is 8.38. The highest BCUT2D eigenvalue weighted by Gasteiger charge is 2.40. The summed E-state index contributed by atoms with van der Waals surface area (Å²) >= 11 is 0. The molecule has 1 fully saturated rings. The molecule has 2 atom stereocenters. The highest BCUT2D eigenvalue weighted by atomic mass is 19.1. The Kier molecular flexibility index (Phi) is 6.05. The first kappa shape index (κ1) is 21.7. The third kappa shape index (κ3) is 4.27. The van der Waals surface area contributed by atoms with E-state index >= 15 is 0 Å². The fraction of sp³-hybridized carbons (Fsp3) is 0.409. The molecular weight excluding hydrogens is 394 g/mol. The number of amides is 1. The summed E-state index contributed by atoms with van der Waals surface area (Å²) in [5.74, 6) is -3.86. The van der Waals surface area contributed by atoms with Crippen LogP contribution in [0, 0.1) is 17.0 Å². The summed E-state index contributed by atoms with van der Waals surface area (Å²) in [6.07, 6.45) is 1.85. The van der Waals surface area contributed by atoms with E-state index in [1.807, 2.05) is 0 Å². The third-order valence-electron chi connectivity index (χ3n) is 5.59. The maximum atomic E-state index is 13.8. The maximum absolute atomic E-state index is 13.8. The average Bonchev–Trinajstić information content (AvgIpc) is 2.70. The van der Waals surface area contributed by atoms with E-state index in [9.17, 15) is 18.4 Å². The molecule has 30 heavy (non-hydrogen) atoms. The van der Waals surface area contributed by atoms with Crippen LogP contribution < -0.4 is 10.1 Å². The fourth-order valence-corrected chi connectivity index (χ4v) is 3.60. The Hall–Kier alpha value is -3.03. The van der Waals surface area contributed by atoms with Gasteiger partial charge in [0, 0.05) is 12.1 Å². The zero-order valence-corrected chi connectivity index (χ0v) is 17.3. The van der Waals surface area contributed by atoms with Crippen LogP contribution in [0.2, 0.25) is 0 Å². The van der Waals surface area contributed by atoms with E-state index in [1.165, 1.54) is 26.4 Å². The van der Waals surface area contributed by atoms with E-state index in [0.717, 1.165) is 25.0 Å². The van der Waals surface area contributed by atoms with E-state index in [1.54, 1.807) is 0 Å². The van der Waals surface area contributed by atoms with Gasteiger partial charge in [0.15, 0.2) is 5.69 Å². The van der Waals surface area contributed by atoms with Crippen molar-refractivity contribution in [3.05, 3.63) is 58.9 Å². The first-order chi connectivity index (χ1) is 14.2. The largest absolute Gasteiger partial charge is 0.494 e. The first-order valence-electron chi connectivity index (χ1n) is 9.56. The number of methoxy groups -OCH3 is 2. The zero-order valence-electron chi connectivity index (χ0n) is 17.3. The molecule has 8 heteroatoms. The lowest BCUT2D eigenvalue weighted by Gasteiger charge is -2.44. The molecule has 0 aliphatic heterocycles. The summed E-state index contributed by atoms with van der Waals surface area (Å²) in [5.41, 5.74) is 0.117. The van der Waals surface area contributed by atoms with Gasteiger partial charge in [-0.05, 0) is 48.1 Å². The van der Waals surface area contributed by atoms with E-state index in [-0.39, 0.29) is 34.2 Å². The number of esters is 1. The lowest BCUT2D eigenvalue weighted by atomic mass is 9.67.